The first-order valence-corrected chi connectivity index (χ1v) is 5.48. The average molecular weight is 222 g/mol. The second-order valence-corrected chi connectivity index (χ2v) is 4.63. The van der Waals surface area contributed by atoms with E-state index in [0.29, 0.717) is 17.6 Å². The number of nitrogens with one attached hydrogen (secondary N) is 1. The number of anilines is 1. The normalized spacial score (nSPS) is 16.2. The highest BCUT2D eigenvalue weighted by Gasteiger charge is 2.29. The Balaban J connectivity index is 2.40. The topological polar surface area (TPSA) is 73.1 Å². The molecular weight excluding hydrogens is 204 g/mol. The first kappa shape index (κ1) is 11.3. The van der Waals surface area contributed by atoms with Crippen LogP contribution in [0.2, 0.25) is 0 Å². The predicted octanol–water partition coefficient (Wildman–Crippen LogP) is 1.52. The van der Waals surface area contributed by atoms with Crippen molar-refractivity contribution in [3.63, 3.8) is 0 Å². The smallest absolute Gasteiger partial charge is 0.162 e. The van der Waals surface area contributed by atoms with E-state index in [-0.39, 0.29) is 0 Å². The van der Waals surface area contributed by atoms with Crippen molar-refractivity contribution in [1.29, 1.82) is 0 Å². The summed E-state index contributed by atoms with van der Waals surface area (Å²) in [5.41, 5.74) is 3.15. The Labute approximate surface area is 95.4 Å². The third kappa shape index (κ3) is 2.15. The molecule has 0 atom stereocenters. The first-order valence-electron chi connectivity index (χ1n) is 5.48. The van der Waals surface area contributed by atoms with E-state index in [2.05, 4.69) is 15.4 Å². The molecule has 5 heteroatoms. The fourth-order valence-electron chi connectivity index (χ4n) is 1.49. The van der Waals surface area contributed by atoms with E-state index in [1.165, 1.54) is 12.8 Å². The van der Waals surface area contributed by atoms with Crippen LogP contribution < -0.4 is 11.3 Å². The highest BCUT2D eigenvalue weighted by Crippen LogP contribution is 2.40. The maximum atomic E-state index is 5.41. The fourth-order valence-corrected chi connectivity index (χ4v) is 1.49. The maximum absolute atomic E-state index is 5.41. The summed E-state index contributed by atoms with van der Waals surface area (Å²) in [5, 5.41) is 0. The van der Waals surface area contributed by atoms with E-state index in [4.69, 9.17) is 10.6 Å². The Morgan fingerprint density at radius 1 is 1.44 bits per heavy atom. The van der Waals surface area contributed by atoms with Crippen LogP contribution in [0.15, 0.2) is 6.07 Å². The van der Waals surface area contributed by atoms with Gasteiger partial charge in [0.25, 0.3) is 0 Å². The van der Waals surface area contributed by atoms with Crippen LogP contribution in [0.5, 0.6) is 0 Å². The summed E-state index contributed by atoms with van der Waals surface area (Å²) in [4.78, 5) is 8.89. The molecule has 1 heterocycles. The minimum atomic E-state index is -0.490. The molecule has 0 amide bonds. The maximum Gasteiger partial charge on any atom is 0.162 e. The largest absolute Gasteiger partial charge is 0.371 e. The van der Waals surface area contributed by atoms with Crippen molar-refractivity contribution in [2.45, 2.75) is 38.2 Å². The molecule has 0 radical (unpaired) electrons. The summed E-state index contributed by atoms with van der Waals surface area (Å²) < 4.78 is 5.38. The Kier molecular flexibility index (Phi) is 2.82. The lowest BCUT2D eigenvalue weighted by Gasteiger charge is -2.22. The van der Waals surface area contributed by atoms with Gasteiger partial charge in [0.2, 0.25) is 0 Å². The summed E-state index contributed by atoms with van der Waals surface area (Å²) >= 11 is 0. The Bertz CT molecular complexity index is 388. The molecule has 88 valence electrons. The Morgan fingerprint density at radius 2 is 2.12 bits per heavy atom. The lowest BCUT2D eigenvalue weighted by molar-refractivity contribution is 0.0114. The van der Waals surface area contributed by atoms with E-state index in [0.717, 1.165) is 5.69 Å². The molecule has 1 aliphatic carbocycles. The molecule has 1 saturated carbocycles. The number of hydrazine groups is 1. The summed E-state index contributed by atoms with van der Waals surface area (Å²) in [5.74, 6) is 7.31. The fraction of sp³-hybridized carbons (Fsp3) is 0.636. The number of ether oxygens (including phenoxy) is 1. The monoisotopic (exact) mass is 222 g/mol. The third-order valence-corrected chi connectivity index (χ3v) is 2.94. The molecule has 1 aromatic heterocycles. The van der Waals surface area contributed by atoms with Gasteiger partial charge in [-0.3, -0.25) is 0 Å². The molecule has 16 heavy (non-hydrogen) atoms. The van der Waals surface area contributed by atoms with Crippen LogP contribution in [0.1, 0.15) is 44.1 Å². The summed E-state index contributed by atoms with van der Waals surface area (Å²) in [6, 6.07) is 1.91. The standard InChI is InChI=1S/C11H18N4O/c1-11(2,16-3)10-13-8(7-4-5-7)6-9(14-10)15-12/h6-7H,4-5,12H2,1-3H3,(H,13,14,15). The van der Waals surface area contributed by atoms with Crippen LogP contribution in [0.25, 0.3) is 0 Å². The quantitative estimate of drug-likeness (QED) is 0.597. The second kappa shape index (κ2) is 3.99. The van der Waals surface area contributed by atoms with Crippen LogP contribution in [0.3, 0.4) is 0 Å². The van der Waals surface area contributed by atoms with E-state index >= 15 is 0 Å². The number of rotatable bonds is 4. The van der Waals surface area contributed by atoms with Crippen molar-refractivity contribution >= 4 is 5.82 Å². The zero-order valence-electron chi connectivity index (χ0n) is 9.95. The summed E-state index contributed by atoms with van der Waals surface area (Å²) in [7, 11) is 1.66. The van der Waals surface area contributed by atoms with Gasteiger partial charge in [-0.2, -0.15) is 0 Å². The number of nitrogen functional groups attached to an aromatic ring is 1. The minimum absolute atomic E-state index is 0.490. The van der Waals surface area contributed by atoms with Gasteiger partial charge in [-0.25, -0.2) is 15.8 Å². The average Bonchev–Trinajstić information content (AvgIpc) is 3.12. The second-order valence-electron chi connectivity index (χ2n) is 4.63. The van der Waals surface area contributed by atoms with Gasteiger partial charge < -0.3 is 10.2 Å². The number of hydrogen-bond donors (Lipinski definition) is 2. The Hall–Kier alpha value is -1.20. The SMILES string of the molecule is COC(C)(C)c1nc(NN)cc(C2CC2)n1. The predicted molar refractivity (Wildman–Crippen MR) is 61.9 cm³/mol. The Morgan fingerprint density at radius 3 is 2.62 bits per heavy atom. The van der Waals surface area contributed by atoms with Gasteiger partial charge in [0.1, 0.15) is 11.4 Å². The van der Waals surface area contributed by atoms with Crippen LogP contribution in [-0.4, -0.2) is 17.1 Å². The molecule has 5 nitrogen and oxygen atoms in total. The lowest BCUT2D eigenvalue weighted by atomic mass is 10.1. The number of nitrogens with two attached hydrogens (primary N) is 1. The van der Waals surface area contributed by atoms with Crippen molar-refractivity contribution in [3.8, 4) is 0 Å². The van der Waals surface area contributed by atoms with E-state index in [1.54, 1.807) is 7.11 Å². The van der Waals surface area contributed by atoms with Crippen LogP contribution in [-0.2, 0) is 10.3 Å². The van der Waals surface area contributed by atoms with Crippen molar-refractivity contribution in [2.24, 2.45) is 5.84 Å². The van der Waals surface area contributed by atoms with Crippen molar-refractivity contribution in [1.82, 2.24) is 9.97 Å². The zero-order chi connectivity index (χ0) is 11.8. The van der Waals surface area contributed by atoms with Gasteiger partial charge in [0, 0.05) is 24.8 Å². The molecule has 1 aliphatic rings. The van der Waals surface area contributed by atoms with E-state index < -0.39 is 5.60 Å². The molecule has 0 aromatic carbocycles. The summed E-state index contributed by atoms with van der Waals surface area (Å²) in [6.07, 6.45) is 2.40. The third-order valence-electron chi connectivity index (χ3n) is 2.94. The van der Waals surface area contributed by atoms with Gasteiger partial charge in [-0.1, -0.05) is 0 Å². The van der Waals surface area contributed by atoms with Crippen molar-refractivity contribution < 1.29 is 4.74 Å². The highest BCUT2D eigenvalue weighted by atomic mass is 16.5. The van der Waals surface area contributed by atoms with Gasteiger partial charge in [-0.15, -0.1) is 0 Å². The number of hydrogen-bond acceptors (Lipinski definition) is 5. The van der Waals surface area contributed by atoms with Crippen LogP contribution >= 0.6 is 0 Å². The lowest BCUT2D eigenvalue weighted by Crippen LogP contribution is -2.24. The molecule has 1 aromatic rings. The molecule has 3 N–H and O–H groups in total. The molecule has 0 saturated heterocycles. The zero-order valence-corrected chi connectivity index (χ0v) is 9.95. The van der Waals surface area contributed by atoms with E-state index in [9.17, 15) is 0 Å². The van der Waals surface area contributed by atoms with Crippen LogP contribution in [0, 0.1) is 0 Å². The van der Waals surface area contributed by atoms with Gasteiger partial charge in [0.15, 0.2) is 5.82 Å². The van der Waals surface area contributed by atoms with Crippen molar-refractivity contribution in [3.05, 3.63) is 17.6 Å². The highest BCUT2D eigenvalue weighted by molar-refractivity contribution is 5.37. The molecule has 0 bridgehead atoms. The van der Waals surface area contributed by atoms with Gasteiger partial charge in [0.05, 0.1) is 0 Å². The van der Waals surface area contributed by atoms with Crippen LogP contribution in [0.4, 0.5) is 5.82 Å². The summed E-state index contributed by atoms with van der Waals surface area (Å²) in [6.45, 7) is 3.89. The van der Waals surface area contributed by atoms with Crippen molar-refractivity contribution in [2.75, 3.05) is 12.5 Å². The number of aromatic nitrogens is 2. The van der Waals surface area contributed by atoms with E-state index in [1.807, 2.05) is 19.9 Å². The molecule has 0 aliphatic heterocycles. The minimum Gasteiger partial charge on any atom is -0.371 e. The number of nitrogens with zero attached hydrogens (tertiary/aromatic N) is 2. The molecule has 2 rings (SSSR count). The first-order chi connectivity index (χ1) is 7.56. The molecule has 0 unspecified atom stereocenters. The van der Waals surface area contributed by atoms with Gasteiger partial charge >= 0.3 is 0 Å². The molecular formula is C11H18N4O. The number of methoxy groups -OCH3 is 1. The molecule has 1 fully saturated rings. The van der Waals surface area contributed by atoms with Gasteiger partial charge in [-0.05, 0) is 26.7 Å². The molecule has 0 spiro atoms.